The molecule has 0 spiro atoms. The molecule has 8 heteroatoms. The molecule has 1 saturated heterocycles. The van der Waals surface area contributed by atoms with Gasteiger partial charge in [-0.3, -0.25) is 9.30 Å². The molecule has 0 saturated carbocycles. The lowest BCUT2D eigenvalue weighted by Gasteiger charge is -2.24. The van der Waals surface area contributed by atoms with E-state index >= 15 is 0 Å². The summed E-state index contributed by atoms with van der Waals surface area (Å²) in [5.41, 5.74) is 9.67. The van der Waals surface area contributed by atoms with Crippen molar-refractivity contribution < 1.29 is 9.47 Å². The standard InChI is InChI=1S/C25H30N6O2/c1-16(15-32-3)33-22-6-4-5-18-7-9-21(27-24(18)22)25-29-28-23-10-8-19(13-31(23)25)17(2)30-12-11-20(26)14-30/h4-10,13,16-17,20H,11-12,14-15,26H2,1-3H3/t16-,17+,20+/m1/s1. The molecule has 0 aliphatic carbocycles. The zero-order chi connectivity index (χ0) is 22.9. The van der Waals surface area contributed by atoms with Crippen molar-refractivity contribution in [2.75, 3.05) is 26.8 Å². The van der Waals surface area contributed by atoms with Crippen molar-refractivity contribution in [1.82, 2.24) is 24.5 Å². The van der Waals surface area contributed by atoms with Gasteiger partial charge in [-0.25, -0.2) is 4.98 Å². The molecule has 3 atom stereocenters. The summed E-state index contributed by atoms with van der Waals surface area (Å²) in [7, 11) is 1.67. The fourth-order valence-electron chi connectivity index (χ4n) is 4.53. The first-order valence-corrected chi connectivity index (χ1v) is 11.4. The normalized spacial score (nSPS) is 18.7. The van der Waals surface area contributed by atoms with Gasteiger partial charge < -0.3 is 15.2 Å². The van der Waals surface area contributed by atoms with Crippen molar-refractivity contribution in [3.63, 3.8) is 0 Å². The molecule has 0 radical (unpaired) electrons. The van der Waals surface area contributed by atoms with Gasteiger partial charge in [-0.2, -0.15) is 0 Å². The number of methoxy groups -OCH3 is 1. The van der Waals surface area contributed by atoms with E-state index in [1.807, 2.05) is 47.7 Å². The maximum Gasteiger partial charge on any atom is 0.187 e. The van der Waals surface area contributed by atoms with E-state index < -0.39 is 0 Å². The van der Waals surface area contributed by atoms with Gasteiger partial charge in [-0.1, -0.05) is 24.3 Å². The number of nitrogens with two attached hydrogens (primary N) is 1. The third-order valence-electron chi connectivity index (χ3n) is 6.35. The summed E-state index contributed by atoms with van der Waals surface area (Å²) in [5, 5.41) is 9.84. The van der Waals surface area contributed by atoms with Crippen molar-refractivity contribution in [1.29, 1.82) is 0 Å². The van der Waals surface area contributed by atoms with E-state index in [4.69, 9.17) is 20.2 Å². The van der Waals surface area contributed by atoms with Crippen LogP contribution in [0.2, 0.25) is 0 Å². The third kappa shape index (κ3) is 4.29. The summed E-state index contributed by atoms with van der Waals surface area (Å²) >= 11 is 0. The minimum absolute atomic E-state index is 0.0808. The Labute approximate surface area is 193 Å². The molecule has 1 fully saturated rings. The Kier molecular flexibility index (Phi) is 5.97. The first-order chi connectivity index (χ1) is 16.0. The van der Waals surface area contributed by atoms with Crippen LogP contribution in [0.25, 0.3) is 28.1 Å². The average molecular weight is 447 g/mol. The van der Waals surface area contributed by atoms with Gasteiger partial charge in [0.2, 0.25) is 0 Å². The van der Waals surface area contributed by atoms with Crippen LogP contribution in [0.1, 0.15) is 31.9 Å². The highest BCUT2D eigenvalue weighted by Gasteiger charge is 2.25. The summed E-state index contributed by atoms with van der Waals surface area (Å²) in [6, 6.07) is 14.6. The average Bonchev–Trinajstić information content (AvgIpc) is 3.44. The van der Waals surface area contributed by atoms with E-state index in [0.717, 1.165) is 47.5 Å². The van der Waals surface area contributed by atoms with Gasteiger partial charge in [0.05, 0.1) is 6.61 Å². The molecule has 33 heavy (non-hydrogen) atoms. The predicted molar refractivity (Wildman–Crippen MR) is 128 cm³/mol. The molecule has 1 aliphatic rings. The Morgan fingerprint density at radius 2 is 2.00 bits per heavy atom. The molecule has 1 aliphatic heterocycles. The highest BCUT2D eigenvalue weighted by Crippen LogP contribution is 2.29. The first-order valence-electron chi connectivity index (χ1n) is 11.4. The Morgan fingerprint density at radius 1 is 1.12 bits per heavy atom. The minimum Gasteiger partial charge on any atom is -0.486 e. The Bertz CT molecular complexity index is 1270. The SMILES string of the molecule is COC[C@@H](C)Oc1cccc2ccc(-c3nnc4ccc([C@H](C)N5CC[C@H](N)C5)cn34)nc12. The monoisotopic (exact) mass is 446 g/mol. The van der Waals surface area contributed by atoms with E-state index in [2.05, 4.69) is 34.3 Å². The summed E-state index contributed by atoms with van der Waals surface area (Å²) in [6.45, 7) is 6.65. The molecule has 3 aromatic heterocycles. The van der Waals surface area contributed by atoms with Gasteiger partial charge in [0, 0.05) is 43.9 Å². The molecular formula is C25H30N6O2. The second kappa shape index (κ2) is 9.05. The molecule has 1 aromatic carbocycles. The number of fused-ring (bicyclic) bond motifs is 2. The lowest BCUT2D eigenvalue weighted by molar-refractivity contribution is 0.0930. The van der Waals surface area contributed by atoms with Crippen molar-refractivity contribution in [3.8, 4) is 17.3 Å². The van der Waals surface area contributed by atoms with Gasteiger partial charge in [0.1, 0.15) is 23.1 Å². The molecule has 0 amide bonds. The van der Waals surface area contributed by atoms with Gasteiger partial charge >= 0.3 is 0 Å². The Balaban J connectivity index is 1.52. The number of benzene rings is 1. The molecule has 0 unspecified atom stereocenters. The zero-order valence-electron chi connectivity index (χ0n) is 19.3. The van der Waals surface area contributed by atoms with E-state index in [9.17, 15) is 0 Å². The van der Waals surface area contributed by atoms with Crippen molar-refractivity contribution >= 4 is 16.6 Å². The fraction of sp³-hybridized carbons (Fsp3) is 0.400. The molecule has 4 aromatic rings. The second-order valence-electron chi connectivity index (χ2n) is 8.84. The lowest BCUT2D eigenvalue weighted by atomic mass is 10.1. The third-order valence-corrected chi connectivity index (χ3v) is 6.35. The van der Waals surface area contributed by atoms with Crippen molar-refractivity contribution in [3.05, 3.63) is 54.2 Å². The number of nitrogens with zero attached hydrogens (tertiary/aromatic N) is 5. The van der Waals surface area contributed by atoms with Crippen LogP contribution in [-0.4, -0.2) is 63.4 Å². The summed E-state index contributed by atoms with van der Waals surface area (Å²) in [6.07, 6.45) is 3.08. The quantitative estimate of drug-likeness (QED) is 0.465. The summed E-state index contributed by atoms with van der Waals surface area (Å²) in [4.78, 5) is 7.35. The Morgan fingerprint density at radius 3 is 2.79 bits per heavy atom. The minimum atomic E-state index is -0.0808. The van der Waals surface area contributed by atoms with Crippen molar-refractivity contribution in [2.24, 2.45) is 5.73 Å². The number of hydrogen-bond acceptors (Lipinski definition) is 7. The van der Waals surface area contributed by atoms with Crippen molar-refractivity contribution in [2.45, 2.75) is 38.5 Å². The van der Waals surface area contributed by atoms with E-state index in [1.165, 1.54) is 5.56 Å². The number of likely N-dealkylation sites (tertiary alicyclic amines) is 1. The number of rotatable bonds is 7. The van der Waals surface area contributed by atoms with Gasteiger partial charge in [-0.05, 0) is 44.0 Å². The Hall–Kier alpha value is -3.07. The fourth-order valence-corrected chi connectivity index (χ4v) is 4.53. The number of pyridine rings is 2. The largest absolute Gasteiger partial charge is 0.486 e. The highest BCUT2D eigenvalue weighted by atomic mass is 16.5. The van der Waals surface area contributed by atoms with Crippen LogP contribution < -0.4 is 10.5 Å². The number of ether oxygens (including phenoxy) is 2. The lowest BCUT2D eigenvalue weighted by Crippen LogP contribution is -2.28. The van der Waals surface area contributed by atoms with Crippen LogP contribution in [0.5, 0.6) is 5.75 Å². The smallest absolute Gasteiger partial charge is 0.187 e. The number of aromatic nitrogens is 4. The molecule has 4 heterocycles. The van der Waals surface area contributed by atoms with E-state index in [1.54, 1.807) is 7.11 Å². The number of hydrogen-bond donors (Lipinski definition) is 1. The molecule has 2 N–H and O–H groups in total. The van der Waals surface area contributed by atoms with Crippen LogP contribution >= 0.6 is 0 Å². The van der Waals surface area contributed by atoms with Crippen LogP contribution in [0.4, 0.5) is 0 Å². The topological polar surface area (TPSA) is 90.8 Å². The van der Waals surface area contributed by atoms with Crippen LogP contribution in [0, 0.1) is 0 Å². The molecule has 0 bridgehead atoms. The first kappa shape index (κ1) is 21.8. The molecule has 8 nitrogen and oxygen atoms in total. The van der Waals surface area contributed by atoms with E-state index in [-0.39, 0.29) is 18.2 Å². The molecule has 5 rings (SSSR count). The van der Waals surface area contributed by atoms with Gasteiger partial charge in [0.15, 0.2) is 11.5 Å². The summed E-state index contributed by atoms with van der Waals surface area (Å²) < 4.78 is 13.3. The molecule has 172 valence electrons. The predicted octanol–water partition coefficient (Wildman–Crippen LogP) is 3.45. The summed E-state index contributed by atoms with van der Waals surface area (Å²) in [5.74, 6) is 1.44. The van der Waals surface area contributed by atoms with Crippen LogP contribution in [-0.2, 0) is 4.74 Å². The van der Waals surface area contributed by atoms with Gasteiger partial charge in [-0.15, -0.1) is 10.2 Å². The second-order valence-corrected chi connectivity index (χ2v) is 8.84. The zero-order valence-corrected chi connectivity index (χ0v) is 19.3. The van der Waals surface area contributed by atoms with Crippen LogP contribution in [0.15, 0.2) is 48.7 Å². The maximum absolute atomic E-state index is 6.13. The van der Waals surface area contributed by atoms with Crippen LogP contribution in [0.3, 0.4) is 0 Å². The maximum atomic E-state index is 6.13. The molecular weight excluding hydrogens is 416 g/mol. The number of para-hydroxylation sites is 1. The van der Waals surface area contributed by atoms with Gasteiger partial charge in [0.25, 0.3) is 0 Å². The highest BCUT2D eigenvalue weighted by molar-refractivity contribution is 5.86. The van der Waals surface area contributed by atoms with E-state index in [0.29, 0.717) is 12.4 Å².